The molecule has 0 aliphatic carbocycles. The van der Waals surface area contributed by atoms with E-state index >= 15 is 0 Å². The molecular formula is C13H25N3O. The Morgan fingerprint density at radius 3 is 2.41 bits per heavy atom. The molecular weight excluding hydrogens is 214 g/mol. The first kappa shape index (κ1) is 12.8. The number of carbonyl (C=O) groups excluding carboxylic acids is 1. The Bertz CT molecular complexity index is 279. The second kappa shape index (κ2) is 4.94. The van der Waals surface area contributed by atoms with Crippen molar-refractivity contribution in [1.82, 2.24) is 9.80 Å². The average Bonchev–Trinajstić information content (AvgIpc) is 2.77. The Morgan fingerprint density at radius 2 is 1.82 bits per heavy atom. The highest BCUT2D eigenvalue weighted by atomic mass is 16.2. The maximum atomic E-state index is 12.1. The molecule has 2 rings (SSSR count). The van der Waals surface area contributed by atoms with Gasteiger partial charge in [-0.15, -0.1) is 0 Å². The number of carbonyl (C=O) groups is 1. The molecule has 1 atom stereocenters. The van der Waals surface area contributed by atoms with Gasteiger partial charge in [-0.1, -0.05) is 6.42 Å². The molecule has 2 heterocycles. The highest BCUT2D eigenvalue weighted by Crippen LogP contribution is 2.21. The normalized spacial score (nSPS) is 27.5. The second-order valence-electron chi connectivity index (χ2n) is 6.01. The van der Waals surface area contributed by atoms with Crippen LogP contribution in [0.15, 0.2) is 0 Å². The Morgan fingerprint density at radius 1 is 1.18 bits per heavy atom. The largest absolute Gasteiger partial charge is 0.339 e. The van der Waals surface area contributed by atoms with Gasteiger partial charge in [-0.05, 0) is 46.2 Å². The van der Waals surface area contributed by atoms with E-state index in [9.17, 15) is 4.79 Å². The fourth-order valence-corrected chi connectivity index (χ4v) is 2.92. The lowest BCUT2D eigenvalue weighted by Gasteiger charge is -2.32. The number of nitrogens with two attached hydrogens (primary N) is 1. The first-order valence-corrected chi connectivity index (χ1v) is 6.81. The van der Waals surface area contributed by atoms with E-state index in [1.54, 1.807) is 13.8 Å². The third kappa shape index (κ3) is 2.99. The van der Waals surface area contributed by atoms with Crippen molar-refractivity contribution in [1.29, 1.82) is 0 Å². The van der Waals surface area contributed by atoms with Crippen molar-refractivity contribution in [2.45, 2.75) is 51.1 Å². The monoisotopic (exact) mass is 239 g/mol. The fraction of sp³-hybridized carbons (Fsp3) is 0.923. The van der Waals surface area contributed by atoms with Crippen LogP contribution in [0.4, 0.5) is 0 Å². The van der Waals surface area contributed by atoms with E-state index in [4.69, 9.17) is 5.73 Å². The zero-order valence-electron chi connectivity index (χ0n) is 11.1. The smallest absolute Gasteiger partial charge is 0.242 e. The van der Waals surface area contributed by atoms with E-state index in [1.165, 1.54) is 32.4 Å². The lowest BCUT2D eigenvalue weighted by atomic mass is 10.1. The molecule has 0 radical (unpaired) electrons. The molecule has 0 aromatic rings. The first-order valence-electron chi connectivity index (χ1n) is 6.81. The van der Waals surface area contributed by atoms with Gasteiger partial charge in [0.1, 0.15) is 0 Å². The number of piperidine rings is 1. The van der Waals surface area contributed by atoms with Gasteiger partial charge < -0.3 is 10.6 Å². The number of nitrogens with zero attached hydrogens (tertiary/aromatic N) is 2. The third-order valence-electron chi connectivity index (χ3n) is 3.91. The summed E-state index contributed by atoms with van der Waals surface area (Å²) >= 11 is 0. The third-order valence-corrected chi connectivity index (χ3v) is 3.91. The van der Waals surface area contributed by atoms with Gasteiger partial charge in [-0.2, -0.15) is 0 Å². The molecule has 0 bridgehead atoms. The van der Waals surface area contributed by atoms with Crippen LogP contribution in [0.25, 0.3) is 0 Å². The summed E-state index contributed by atoms with van der Waals surface area (Å²) in [6.07, 6.45) is 5.10. The van der Waals surface area contributed by atoms with Gasteiger partial charge in [0.25, 0.3) is 0 Å². The van der Waals surface area contributed by atoms with E-state index < -0.39 is 5.54 Å². The minimum absolute atomic E-state index is 0.0945. The highest BCUT2D eigenvalue weighted by molar-refractivity contribution is 5.85. The van der Waals surface area contributed by atoms with Gasteiger partial charge in [0, 0.05) is 19.1 Å². The number of likely N-dealkylation sites (tertiary alicyclic amines) is 2. The molecule has 0 aromatic carbocycles. The van der Waals surface area contributed by atoms with Crippen LogP contribution >= 0.6 is 0 Å². The molecule has 2 fully saturated rings. The van der Waals surface area contributed by atoms with E-state index in [0.717, 1.165) is 19.5 Å². The molecule has 2 aliphatic rings. The van der Waals surface area contributed by atoms with Crippen LogP contribution in [0.5, 0.6) is 0 Å². The Balaban J connectivity index is 1.88. The van der Waals surface area contributed by atoms with Crippen molar-refractivity contribution >= 4 is 5.91 Å². The lowest BCUT2D eigenvalue weighted by Crippen LogP contribution is -2.51. The molecule has 1 unspecified atom stereocenters. The summed E-state index contributed by atoms with van der Waals surface area (Å²) in [4.78, 5) is 16.6. The number of hydrogen-bond acceptors (Lipinski definition) is 3. The fourth-order valence-electron chi connectivity index (χ4n) is 2.92. The van der Waals surface area contributed by atoms with Crippen LogP contribution in [-0.4, -0.2) is 53.5 Å². The molecule has 4 heteroatoms. The van der Waals surface area contributed by atoms with Gasteiger partial charge in [0.05, 0.1) is 5.54 Å². The molecule has 0 aromatic heterocycles. The van der Waals surface area contributed by atoms with Gasteiger partial charge in [-0.25, -0.2) is 0 Å². The molecule has 0 spiro atoms. The van der Waals surface area contributed by atoms with Crippen LogP contribution in [0, 0.1) is 0 Å². The summed E-state index contributed by atoms with van der Waals surface area (Å²) in [7, 11) is 0. The molecule has 98 valence electrons. The van der Waals surface area contributed by atoms with Crippen molar-refractivity contribution in [3.05, 3.63) is 0 Å². The van der Waals surface area contributed by atoms with E-state index in [1.807, 2.05) is 4.90 Å². The van der Waals surface area contributed by atoms with E-state index in [0.29, 0.717) is 6.04 Å². The second-order valence-corrected chi connectivity index (χ2v) is 6.01. The van der Waals surface area contributed by atoms with Crippen molar-refractivity contribution in [3.8, 4) is 0 Å². The quantitative estimate of drug-likeness (QED) is 0.776. The molecule has 17 heavy (non-hydrogen) atoms. The zero-order chi connectivity index (χ0) is 12.5. The summed E-state index contributed by atoms with van der Waals surface area (Å²) in [5.41, 5.74) is 5.15. The Kier molecular flexibility index (Phi) is 3.73. The summed E-state index contributed by atoms with van der Waals surface area (Å²) in [5.74, 6) is 0.0945. The summed E-state index contributed by atoms with van der Waals surface area (Å²) in [6.45, 7) is 7.75. The molecule has 0 saturated carbocycles. The van der Waals surface area contributed by atoms with Gasteiger partial charge in [0.15, 0.2) is 0 Å². The predicted octanol–water partition coefficient (Wildman–Crippen LogP) is 0.811. The van der Waals surface area contributed by atoms with Crippen molar-refractivity contribution < 1.29 is 4.79 Å². The Hall–Kier alpha value is -0.610. The van der Waals surface area contributed by atoms with Crippen molar-refractivity contribution in [2.24, 2.45) is 5.73 Å². The lowest BCUT2D eigenvalue weighted by molar-refractivity contribution is -0.134. The maximum Gasteiger partial charge on any atom is 0.242 e. The molecule has 2 aliphatic heterocycles. The van der Waals surface area contributed by atoms with E-state index in [-0.39, 0.29) is 5.91 Å². The highest BCUT2D eigenvalue weighted by Gasteiger charge is 2.35. The van der Waals surface area contributed by atoms with Gasteiger partial charge >= 0.3 is 0 Å². The molecule has 4 nitrogen and oxygen atoms in total. The Labute approximate surface area is 104 Å². The van der Waals surface area contributed by atoms with Crippen LogP contribution in [0.2, 0.25) is 0 Å². The van der Waals surface area contributed by atoms with Crippen LogP contribution in [0.1, 0.15) is 39.5 Å². The van der Waals surface area contributed by atoms with Gasteiger partial charge in [-0.3, -0.25) is 9.69 Å². The summed E-state index contributed by atoms with van der Waals surface area (Å²) < 4.78 is 0. The summed E-state index contributed by atoms with van der Waals surface area (Å²) in [6, 6.07) is 0.571. The average molecular weight is 239 g/mol. The van der Waals surface area contributed by atoms with Crippen LogP contribution < -0.4 is 5.73 Å². The number of amides is 1. The van der Waals surface area contributed by atoms with Gasteiger partial charge in [0.2, 0.25) is 5.91 Å². The van der Waals surface area contributed by atoms with E-state index in [2.05, 4.69) is 4.90 Å². The molecule has 2 saturated heterocycles. The topological polar surface area (TPSA) is 49.6 Å². The number of rotatable bonds is 2. The predicted molar refractivity (Wildman–Crippen MR) is 68.7 cm³/mol. The molecule has 2 N–H and O–H groups in total. The van der Waals surface area contributed by atoms with Crippen LogP contribution in [0.3, 0.4) is 0 Å². The first-order chi connectivity index (χ1) is 7.98. The molecule has 1 amide bonds. The standard InChI is InChI=1S/C13H25N3O/c1-13(2,14)12(17)16-9-6-11(10-16)15-7-4-3-5-8-15/h11H,3-10,14H2,1-2H3. The van der Waals surface area contributed by atoms with Crippen molar-refractivity contribution in [2.75, 3.05) is 26.2 Å². The maximum absolute atomic E-state index is 12.1. The number of hydrogen-bond donors (Lipinski definition) is 1. The summed E-state index contributed by atoms with van der Waals surface area (Å²) in [5, 5.41) is 0. The zero-order valence-corrected chi connectivity index (χ0v) is 11.1. The minimum Gasteiger partial charge on any atom is -0.339 e. The SMILES string of the molecule is CC(C)(N)C(=O)N1CCC(N2CCCCC2)C1. The van der Waals surface area contributed by atoms with Crippen LogP contribution in [-0.2, 0) is 4.79 Å². The van der Waals surface area contributed by atoms with Crippen molar-refractivity contribution in [3.63, 3.8) is 0 Å². The minimum atomic E-state index is -0.725.